The van der Waals surface area contributed by atoms with Crippen molar-refractivity contribution in [3.63, 3.8) is 0 Å². The highest BCUT2D eigenvalue weighted by Gasteiger charge is 2.16. The minimum atomic E-state index is -0.579. The Bertz CT molecular complexity index is 997. The number of pyridine rings is 1. The SMILES string of the molecule is [CH2]C(Nc1ccc([N+](=O)[O-])cn1)c1ncc(N)c(-c2ccc(Cl)cc2Cl)n1. The first-order chi connectivity index (χ1) is 12.8. The molecule has 0 amide bonds. The zero-order valence-corrected chi connectivity index (χ0v) is 15.3. The summed E-state index contributed by atoms with van der Waals surface area (Å²) >= 11 is 12.2. The lowest BCUT2D eigenvalue weighted by molar-refractivity contribution is -0.385. The number of hydrogen-bond donors (Lipinski definition) is 2. The third-order valence-electron chi connectivity index (χ3n) is 3.61. The first kappa shape index (κ1) is 18.8. The summed E-state index contributed by atoms with van der Waals surface area (Å²) in [6.07, 6.45) is 2.61. The normalized spacial score (nSPS) is 11.8. The molecule has 8 nitrogen and oxygen atoms in total. The van der Waals surface area contributed by atoms with Crippen LogP contribution in [0.3, 0.4) is 0 Å². The van der Waals surface area contributed by atoms with Crippen LogP contribution in [0.1, 0.15) is 11.9 Å². The van der Waals surface area contributed by atoms with E-state index in [4.69, 9.17) is 28.9 Å². The molecule has 1 radical (unpaired) electrons. The zero-order valence-electron chi connectivity index (χ0n) is 13.8. The molecule has 1 unspecified atom stereocenters. The van der Waals surface area contributed by atoms with E-state index < -0.39 is 11.0 Å². The monoisotopic (exact) mass is 403 g/mol. The van der Waals surface area contributed by atoms with Crippen LogP contribution >= 0.6 is 23.2 Å². The molecule has 2 aromatic heterocycles. The van der Waals surface area contributed by atoms with Crippen LogP contribution in [0.4, 0.5) is 17.2 Å². The van der Waals surface area contributed by atoms with Gasteiger partial charge in [-0.1, -0.05) is 23.2 Å². The molecule has 3 aromatic rings. The summed E-state index contributed by atoms with van der Waals surface area (Å²) in [4.78, 5) is 22.8. The van der Waals surface area contributed by atoms with Crippen molar-refractivity contribution in [3.8, 4) is 11.3 Å². The van der Waals surface area contributed by atoms with Crippen molar-refractivity contribution in [1.82, 2.24) is 15.0 Å². The average Bonchev–Trinajstić information content (AvgIpc) is 2.63. The number of nitrogens with zero attached hydrogens (tertiary/aromatic N) is 4. The highest BCUT2D eigenvalue weighted by Crippen LogP contribution is 2.32. The Morgan fingerprint density at radius 2 is 1.96 bits per heavy atom. The van der Waals surface area contributed by atoms with Gasteiger partial charge in [-0.25, -0.2) is 15.0 Å². The highest BCUT2D eigenvalue weighted by molar-refractivity contribution is 6.36. The molecule has 10 heteroatoms. The van der Waals surface area contributed by atoms with Crippen LogP contribution in [0.15, 0.2) is 42.7 Å². The lowest BCUT2D eigenvalue weighted by Gasteiger charge is -2.15. The maximum atomic E-state index is 10.7. The maximum absolute atomic E-state index is 10.7. The van der Waals surface area contributed by atoms with Gasteiger partial charge in [0.1, 0.15) is 12.0 Å². The minimum absolute atomic E-state index is 0.107. The van der Waals surface area contributed by atoms with E-state index in [0.717, 1.165) is 6.20 Å². The smallest absolute Gasteiger partial charge is 0.287 e. The number of nitro groups is 1. The number of rotatable bonds is 5. The molecule has 0 saturated heterocycles. The van der Waals surface area contributed by atoms with Gasteiger partial charge in [0.2, 0.25) is 0 Å². The van der Waals surface area contributed by atoms with Gasteiger partial charge in [0.25, 0.3) is 5.69 Å². The van der Waals surface area contributed by atoms with Crippen LogP contribution in [0.25, 0.3) is 11.3 Å². The van der Waals surface area contributed by atoms with Crippen LogP contribution in [-0.2, 0) is 0 Å². The highest BCUT2D eigenvalue weighted by atomic mass is 35.5. The van der Waals surface area contributed by atoms with E-state index in [1.807, 2.05) is 0 Å². The molecule has 137 valence electrons. The van der Waals surface area contributed by atoms with E-state index in [2.05, 4.69) is 27.2 Å². The van der Waals surface area contributed by atoms with Gasteiger partial charge < -0.3 is 11.1 Å². The molecule has 27 heavy (non-hydrogen) atoms. The Balaban J connectivity index is 1.87. The lowest BCUT2D eigenvalue weighted by atomic mass is 10.1. The molecule has 1 aromatic carbocycles. The second-order valence-electron chi connectivity index (χ2n) is 5.51. The van der Waals surface area contributed by atoms with Gasteiger partial charge in [0.05, 0.1) is 33.6 Å². The van der Waals surface area contributed by atoms with Crippen molar-refractivity contribution in [2.24, 2.45) is 0 Å². The molecule has 3 rings (SSSR count). The molecule has 3 N–H and O–H groups in total. The van der Waals surface area contributed by atoms with Crippen LogP contribution in [0.5, 0.6) is 0 Å². The first-order valence-electron chi connectivity index (χ1n) is 7.63. The Labute approximate surface area is 164 Å². The average molecular weight is 404 g/mol. The standard InChI is InChI=1S/C17H13Cl2N6O2/c1-9(23-15-5-3-11(7-21-15)25(26)27)17-22-8-14(20)16(24-17)12-4-2-10(18)6-13(12)19/h2-9H,1,20H2,(H,21,23). The summed E-state index contributed by atoms with van der Waals surface area (Å²) in [7, 11) is 0. The van der Waals surface area contributed by atoms with E-state index in [-0.39, 0.29) is 5.69 Å². The Morgan fingerprint density at radius 3 is 2.59 bits per heavy atom. The lowest BCUT2D eigenvalue weighted by Crippen LogP contribution is -2.13. The molecule has 0 fully saturated rings. The summed E-state index contributed by atoms with van der Waals surface area (Å²) in [6.45, 7) is 3.96. The van der Waals surface area contributed by atoms with Crippen molar-refractivity contribution < 1.29 is 4.92 Å². The van der Waals surface area contributed by atoms with E-state index >= 15 is 0 Å². The molecular formula is C17H13Cl2N6O2. The third kappa shape index (κ3) is 4.24. The molecule has 0 aliphatic carbocycles. The van der Waals surface area contributed by atoms with Gasteiger partial charge in [-0.2, -0.15) is 0 Å². The van der Waals surface area contributed by atoms with Crippen LogP contribution in [0.2, 0.25) is 10.0 Å². The number of benzene rings is 1. The number of aromatic nitrogens is 3. The number of nitrogen functional groups attached to an aromatic ring is 1. The molecule has 0 bridgehead atoms. The van der Waals surface area contributed by atoms with E-state index in [1.165, 1.54) is 18.3 Å². The molecule has 2 heterocycles. The Morgan fingerprint density at radius 1 is 1.19 bits per heavy atom. The quantitative estimate of drug-likeness (QED) is 0.480. The first-order valence-corrected chi connectivity index (χ1v) is 8.38. The summed E-state index contributed by atoms with van der Waals surface area (Å²) < 4.78 is 0. The number of nitrogens with two attached hydrogens (primary N) is 1. The fraction of sp³-hybridized carbons (Fsp3) is 0.0588. The van der Waals surface area contributed by atoms with E-state index in [9.17, 15) is 10.1 Å². The molecule has 0 aliphatic heterocycles. The molecular weight excluding hydrogens is 391 g/mol. The maximum Gasteiger partial charge on any atom is 0.287 e. The predicted molar refractivity (Wildman–Crippen MR) is 105 cm³/mol. The number of halogens is 2. The predicted octanol–water partition coefficient (Wildman–Crippen LogP) is 4.32. The van der Waals surface area contributed by atoms with Gasteiger partial charge in [-0.3, -0.25) is 10.1 Å². The van der Waals surface area contributed by atoms with Gasteiger partial charge in [0.15, 0.2) is 5.82 Å². The summed E-state index contributed by atoms with van der Waals surface area (Å²) in [6, 6.07) is 7.24. The second kappa shape index (κ2) is 7.73. The van der Waals surface area contributed by atoms with Crippen LogP contribution < -0.4 is 11.1 Å². The summed E-state index contributed by atoms with van der Waals surface area (Å²) in [5, 5.41) is 14.6. The van der Waals surface area contributed by atoms with Crippen molar-refractivity contribution >= 4 is 40.4 Å². The van der Waals surface area contributed by atoms with Crippen molar-refractivity contribution in [2.75, 3.05) is 11.1 Å². The summed E-state index contributed by atoms with van der Waals surface area (Å²) in [5.74, 6) is 0.748. The Kier molecular flexibility index (Phi) is 5.38. The van der Waals surface area contributed by atoms with Gasteiger partial charge in [-0.05, 0) is 31.2 Å². The third-order valence-corrected chi connectivity index (χ3v) is 4.16. The summed E-state index contributed by atoms with van der Waals surface area (Å²) in [5.41, 5.74) is 7.30. The van der Waals surface area contributed by atoms with Crippen molar-refractivity contribution in [2.45, 2.75) is 6.04 Å². The Hall–Kier alpha value is -2.97. The van der Waals surface area contributed by atoms with Crippen molar-refractivity contribution in [1.29, 1.82) is 0 Å². The van der Waals surface area contributed by atoms with Gasteiger partial charge in [-0.15, -0.1) is 0 Å². The topological polar surface area (TPSA) is 120 Å². The molecule has 1 atom stereocenters. The fourth-order valence-electron chi connectivity index (χ4n) is 2.29. The minimum Gasteiger partial charge on any atom is -0.396 e. The molecule has 0 aliphatic rings. The van der Waals surface area contributed by atoms with Crippen LogP contribution in [0, 0.1) is 17.0 Å². The largest absolute Gasteiger partial charge is 0.396 e. The zero-order chi connectivity index (χ0) is 19.6. The van der Waals surface area contributed by atoms with Gasteiger partial charge in [0, 0.05) is 16.7 Å². The van der Waals surface area contributed by atoms with E-state index in [0.29, 0.717) is 38.6 Å². The molecule has 0 saturated carbocycles. The number of nitrogens with one attached hydrogen (secondary N) is 1. The van der Waals surface area contributed by atoms with E-state index in [1.54, 1.807) is 18.2 Å². The number of anilines is 2. The fourth-order valence-corrected chi connectivity index (χ4v) is 2.79. The second-order valence-corrected chi connectivity index (χ2v) is 6.36. The van der Waals surface area contributed by atoms with Crippen molar-refractivity contribution in [3.05, 3.63) is 75.6 Å². The van der Waals surface area contributed by atoms with Crippen LogP contribution in [-0.4, -0.2) is 19.9 Å². The molecule has 0 spiro atoms. The number of hydrogen-bond acceptors (Lipinski definition) is 7. The van der Waals surface area contributed by atoms with Gasteiger partial charge >= 0.3 is 0 Å².